The van der Waals surface area contributed by atoms with Gasteiger partial charge in [-0.15, -0.1) is 0 Å². The maximum Gasteiger partial charge on any atom is 0.408 e. The Labute approximate surface area is 275 Å². The summed E-state index contributed by atoms with van der Waals surface area (Å²) in [5.41, 5.74) is 0.508. The Bertz CT molecular complexity index is 1370. The monoisotopic (exact) mass is 655 g/mol. The zero-order valence-electron chi connectivity index (χ0n) is 27.6. The second-order valence-electron chi connectivity index (χ2n) is 12.9. The molecule has 12 heteroatoms. The van der Waals surface area contributed by atoms with E-state index in [9.17, 15) is 38.3 Å². The van der Waals surface area contributed by atoms with E-state index < -0.39 is 71.4 Å². The number of ether oxygens (including phenoxy) is 1. The summed E-state index contributed by atoms with van der Waals surface area (Å²) in [5.74, 6) is -4.51. The van der Waals surface area contributed by atoms with Crippen LogP contribution >= 0.6 is 0 Å². The molecule has 0 heterocycles. The number of carboxylic acids is 1. The number of rotatable bonds is 18. The highest BCUT2D eigenvalue weighted by molar-refractivity contribution is 5.94. The maximum atomic E-state index is 13.4. The number of carboxylic acid groups (broad SMARTS) is 1. The van der Waals surface area contributed by atoms with Gasteiger partial charge in [-0.25, -0.2) is 9.18 Å². The number of hydrogen-bond donors (Lipinski definition) is 4. The summed E-state index contributed by atoms with van der Waals surface area (Å²) >= 11 is 0. The van der Waals surface area contributed by atoms with Crippen LogP contribution < -0.4 is 16.0 Å². The Morgan fingerprint density at radius 3 is 2.00 bits per heavy atom. The van der Waals surface area contributed by atoms with Gasteiger partial charge in [-0.1, -0.05) is 56.3 Å². The summed E-state index contributed by atoms with van der Waals surface area (Å²) in [5, 5.41) is 17.2. The first-order chi connectivity index (χ1) is 22.0. The van der Waals surface area contributed by atoms with Gasteiger partial charge in [0.1, 0.15) is 17.5 Å². The molecule has 2 unspecified atom stereocenters. The van der Waals surface area contributed by atoms with E-state index in [4.69, 9.17) is 4.74 Å². The van der Waals surface area contributed by atoms with Gasteiger partial charge in [0.15, 0.2) is 11.6 Å². The number of amides is 3. The first kappa shape index (κ1) is 38.6. The number of aliphatic carboxylic acids is 1. The normalized spacial score (nSPS) is 13.2. The second kappa shape index (κ2) is 18.5. The summed E-state index contributed by atoms with van der Waals surface area (Å²) in [6.07, 6.45) is -1.14. The van der Waals surface area contributed by atoms with E-state index >= 15 is 0 Å². The Balaban J connectivity index is 2.00. The number of ketones is 2. The minimum absolute atomic E-state index is 0.00130. The van der Waals surface area contributed by atoms with Gasteiger partial charge in [0.25, 0.3) is 0 Å². The van der Waals surface area contributed by atoms with Crippen LogP contribution in [-0.4, -0.2) is 64.8 Å². The summed E-state index contributed by atoms with van der Waals surface area (Å²) in [7, 11) is 0. The molecule has 3 amide bonds. The van der Waals surface area contributed by atoms with Gasteiger partial charge in [0.05, 0.1) is 18.5 Å². The van der Waals surface area contributed by atoms with Crippen molar-refractivity contribution in [2.45, 2.75) is 90.8 Å². The van der Waals surface area contributed by atoms with E-state index in [0.717, 1.165) is 5.56 Å². The molecule has 4 N–H and O–H groups in total. The van der Waals surface area contributed by atoms with Crippen LogP contribution in [0.2, 0.25) is 0 Å². The lowest BCUT2D eigenvalue weighted by Crippen LogP contribution is -2.50. The molecule has 0 spiro atoms. The predicted molar refractivity (Wildman–Crippen MR) is 173 cm³/mol. The molecule has 0 fully saturated rings. The fourth-order valence-electron chi connectivity index (χ4n) is 4.75. The summed E-state index contributed by atoms with van der Waals surface area (Å²) in [6.45, 7) is 8.30. The van der Waals surface area contributed by atoms with Crippen molar-refractivity contribution in [2.75, 3.05) is 6.54 Å². The Morgan fingerprint density at radius 2 is 1.43 bits per heavy atom. The van der Waals surface area contributed by atoms with Crippen LogP contribution in [0.3, 0.4) is 0 Å². The molecule has 2 rings (SSSR count). The molecule has 0 aliphatic rings. The number of nitrogens with one attached hydrogen (secondary N) is 3. The third-order valence-corrected chi connectivity index (χ3v) is 7.01. The molecule has 47 heavy (non-hydrogen) atoms. The van der Waals surface area contributed by atoms with E-state index in [1.807, 2.05) is 19.9 Å². The van der Waals surface area contributed by atoms with E-state index in [1.54, 1.807) is 45.0 Å². The van der Waals surface area contributed by atoms with Gasteiger partial charge in [-0.05, 0) is 62.8 Å². The lowest BCUT2D eigenvalue weighted by Gasteiger charge is -2.23. The standard InChI is InChI=1S/C35H46FN3O8/c1-22(2)17-25(33(44)45)20-30(41)28(18-23-9-7-6-8-10-23)38-31(42)16-15-27(40)21-37-32(43)29(39-34(46)47-35(3,4)5)19-24-11-13-26(36)14-12-24/h6-14,22,25,28-29H,15-21H2,1-5H3,(H,37,43)(H,38,42)(H,39,46)(H,44,45)/t25?,28?,29-/m1/s1. The van der Waals surface area contributed by atoms with Crippen molar-refractivity contribution in [3.63, 3.8) is 0 Å². The fourth-order valence-corrected chi connectivity index (χ4v) is 4.75. The lowest BCUT2D eigenvalue weighted by atomic mass is 9.89. The molecule has 0 aromatic heterocycles. The van der Waals surface area contributed by atoms with Crippen molar-refractivity contribution in [3.8, 4) is 0 Å². The molecule has 2 aromatic rings. The molecule has 2 aromatic carbocycles. The zero-order chi connectivity index (χ0) is 35.1. The first-order valence-electron chi connectivity index (χ1n) is 15.6. The van der Waals surface area contributed by atoms with Crippen molar-refractivity contribution in [2.24, 2.45) is 11.8 Å². The summed E-state index contributed by atoms with van der Waals surface area (Å²) in [4.78, 5) is 75.8. The lowest BCUT2D eigenvalue weighted by molar-refractivity contribution is -0.144. The van der Waals surface area contributed by atoms with Crippen LogP contribution in [0.1, 0.15) is 71.4 Å². The molecular formula is C35H46FN3O8. The highest BCUT2D eigenvalue weighted by Gasteiger charge is 2.29. The number of Topliss-reactive ketones (excluding diaryl/α,β-unsaturated/α-hetero) is 2. The average molecular weight is 656 g/mol. The number of alkyl carbamates (subject to hydrolysis) is 1. The minimum Gasteiger partial charge on any atom is -0.481 e. The van der Waals surface area contributed by atoms with Crippen LogP contribution in [0.15, 0.2) is 54.6 Å². The minimum atomic E-state index is -1.14. The highest BCUT2D eigenvalue weighted by atomic mass is 19.1. The van der Waals surface area contributed by atoms with Gasteiger partial charge in [-0.2, -0.15) is 0 Å². The molecule has 3 atom stereocenters. The van der Waals surface area contributed by atoms with E-state index in [1.165, 1.54) is 24.3 Å². The van der Waals surface area contributed by atoms with Crippen LogP contribution in [0.5, 0.6) is 0 Å². The number of hydrogen-bond acceptors (Lipinski definition) is 7. The SMILES string of the molecule is CC(C)CC(CC(=O)C(Cc1ccccc1)NC(=O)CCC(=O)CNC(=O)[C@@H](Cc1ccc(F)cc1)NC(=O)OC(C)(C)C)C(=O)O. The number of halogens is 1. The van der Waals surface area contributed by atoms with E-state index in [0.29, 0.717) is 12.0 Å². The van der Waals surface area contributed by atoms with Gasteiger partial charge >= 0.3 is 12.1 Å². The maximum absolute atomic E-state index is 13.4. The highest BCUT2D eigenvalue weighted by Crippen LogP contribution is 2.18. The molecule has 0 aliphatic heterocycles. The molecule has 11 nitrogen and oxygen atoms in total. The van der Waals surface area contributed by atoms with Crippen LogP contribution in [0.25, 0.3) is 0 Å². The predicted octanol–water partition coefficient (Wildman–Crippen LogP) is 4.16. The molecular weight excluding hydrogens is 609 g/mol. The smallest absolute Gasteiger partial charge is 0.408 e. The third-order valence-electron chi connectivity index (χ3n) is 7.01. The Morgan fingerprint density at radius 1 is 0.830 bits per heavy atom. The van der Waals surface area contributed by atoms with Gasteiger partial charge < -0.3 is 25.8 Å². The Hall–Kier alpha value is -4.61. The molecule has 256 valence electrons. The number of benzene rings is 2. The number of carbonyl (C=O) groups is 6. The molecule has 0 bridgehead atoms. The van der Waals surface area contributed by atoms with E-state index in [-0.39, 0.29) is 38.0 Å². The van der Waals surface area contributed by atoms with Crippen molar-refractivity contribution < 1.29 is 43.0 Å². The summed E-state index contributed by atoms with van der Waals surface area (Å²) in [6, 6.07) is 12.2. The van der Waals surface area contributed by atoms with Crippen LogP contribution in [-0.2, 0) is 41.6 Å². The zero-order valence-corrected chi connectivity index (χ0v) is 27.6. The van der Waals surface area contributed by atoms with Crippen molar-refractivity contribution >= 4 is 35.4 Å². The molecule has 0 saturated carbocycles. The average Bonchev–Trinajstić information content (AvgIpc) is 2.98. The van der Waals surface area contributed by atoms with Crippen LogP contribution in [0, 0.1) is 17.7 Å². The Kier molecular flexibility index (Phi) is 15.2. The molecule has 0 radical (unpaired) electrons. The van der Waals surface area contributed by atoms with Crippen molar-refractivity contribution in [3.05, 3.63) is 71.5 Å². The largest absolute Gasteiger partial charge is 0.481 e. The van der Waals surface area contributed by atoms with E-state index in [2.05, 4.69) is 16.0 Å². The third kappa shape index (κ3) is 15.5. The first-order valence-corrected chi connectivity index (χ1v) is 15.6. The quantitative estimate of drug-likeness (QED) is 0.186. The number of carbonyl (C=O) groups excluding carboxylic acids is 5. The van der Waals surface area contributed by atoms with Gasteiger partial charge in [-0.3, -0.25) is 24.0 Å². The topological polar surface area (TPSA) is 168 Å². The van der Waals surface area contributed by atoms with Crippen LogP contribution in [0.4, 0.5) is 9.18 Å². The molecule has 0 saturated heterocycles. The van der Waals surface area contributed by atoms with Crippen molar-refractivity contribution in [1.29, 1.82) is 0 Å². The van der Waals surface area contributed by atoms with Crippen molar-refractivity contribution in [1.82, 2.24) is 16.0 Å². The fraction of sp³-hybridized carbons (Fsp3) is 0.486. The molecule has 0 aliphatic carbocycles. The second-order valence-corrected chi connectivity index (χ2v) is 12.9. The van der Waals surface area contributed by atoms with Gasteiger partial charge in [0.2, 0.25) is 11.8 Å². The van der Waals surface area contributed by atoms with Gasteiger partial charge in [0, 0.05) is 25.7 Å². The summed E-state index contributed by atoms with van der Waals surface area (Å²) < 4.78 is 18.6.